The lowest BCUT2D eigenvalue weighted by molar-refractivity contribution is -0.136. The molecule has 1 aromatic carbocycles. The minimum Gasteiger partial charge on any atom is -0.503 e. The van der Waals surface area contributed by atoms with Gasteiger partial charge in [-0.1, -0.05) is 30.3 Å². The van der Waals surface area contributed by atoms with Crippen molar-refractivity contribution in [1.29, 1.82) is 0 Å². The number of hydrogen-bond acceptors (Lipinski definition) is 7. The van der Waals surface area contributed by atoms with E-state index < -0.39 is 22.9 Å². The lowest BCUT2D eigenvalue weighted by Crippen LogP contribution is -2.10. The van der Waals surface area contributed by atoms with Gasteiger partial charge in [0.15, 0.2) is 4.88 Å². The maximum atomic E-state index is 13.5. The molecule has 0 aliphatic heterocycles. The van der Waals surface area contributed by atoms with Crippen molar-refractivity contribution in [3.63, 3.8) is 0 Å². The van der Waals surface area contributed by atoms with Gasteiger partial charge in [-0.05, 0) is 23.3 Å². The van der Waals surface area contributed by atoms with Gasteiger partial charge in [0.2, 0.25) is 5.88 Å². The third kappa shape index (κ3) is 5.21. The van der Waals surface area contributed by atoms with Gasteiger partial charge in [0.1, 0.15) is 17.2 Å². The summed E-state index contributed by atoms with van der Waals surface area (Å²) in [4.78, 5) is 19.2. The number of carbonyl (C=O) groups is 1. The molecule has 0 radical (unpaired) electrons. The molecule has 0 bridgehead atoms. The van der Waals surface area contributed by atoms with Crippen molar-refractivity contribution in [3.8, 4) is 16.6 Å². The van der Waals surface area contributed by atoms with Gasteiger partial charge in [0.05, 0.1) is 26.2 Å². The number of thiazole rings is 1. The fourth-order valence-corrected chi connectivity index (χ4v) is 3.54. The molecule has 0 saturated heterocycles. The van der Waals surface area contributed by atoms with Crippen molar-refractivity contribution in [2.75, 3.05) is 14.2 Å². The van der Waals surface area contributed by atoms with Crippen LogP contribution in [0.4, 0.5) is 13.2 Å². The number of pyridine rings is 1. The highest BCUT2D eigenvalue weighted by atomic mass is 32.1. The molecule has 2 heterocycles. The van der Waals surface area contributed by atoms with E-state index in [1.54, 1.807) is 42.5 Å². The van der Waals surface area contributed by atoms with Crippen LogP contribution in [0.15, 0.2) is 54.9 Å². The van der Waals surface area contributed by atoms with Crippen LogP contribution in [-0.2, 0) is 27.1 Å². The average Bonchev–Trinajstić information content (AvgIpc) is 3.21. The Labute approximate surface area is 179 Å². The number of alkyl halides is 3. The molecule has 0 saturated carbocycles. The maximum Gasteiger partial charge on any atom is 0.430 e. The largest absolute Gasteiger partial charge is 0.503 e. The minimum atomic E-state index is -4.65. The van der Waals surface area contributed by atoms with Gasteiger partial charge < -0.3 is 14.2 Å². The summed E-state index contributed by atoms with van der Waals surface area (Å²) in [5.74, 6) is -1.21. The Bertz CT molecular complexity index is 1080. The standard InChI is InChI=1S/C21H17F3N2O4S/c1-28-12-15(20(27)29-2)14-8-4-3-7-13(14)11-30-18-17(21(22,23)24)31-19(26-18)16-9-5-6-10-25-16/h3-10,12H,11H2,1-2H3. The predicted octanol–water partition coefficient (Wildman–Crippen LogP) is 4.96. The Balaban J connectivity index is 1.94. The van der Waals surface area contributed by atoms with Gasteiger partial charge in [-0.2, -0.15) is 18.2 Å². The highest BCUT2D eigenvalue weighted by molar-refractivity contribution is 7.15. The van der Waals surface area contributed by atoms with Crippen LogP contribution in [0.1, 0.15) is 16.0 Å². The molecule has 0 aliphatic carbocycles. The minimum absolute atomic E-state index is 0.0886. The molecule has 6 nitrogen and oxygen atoms in total. The SMILES string of the molecule is COC=C(C(=O)OC)c1ccccc1COc1nc(-c2ccccn2)sc1C(F)(F)F. The van der Waals surface area contributed by atoms with Crippen LogP contribution in [0.25, 0.3) is 16.3 Å². The van der Waals surface area contributed by atoms with Crippen LogP contribution in [-0.4, -0.2) is 30.2 Å². The Morgan fingerprint density at radius 1 is 1.13 bits per heavy atom. The molecule has 0 atom stereocenters. The van der Waals surface area contributed by atoms with E-state index in [1.165, 1.54) is 26.7 Å². The van der Waals surface area contributed by atoms with Crippen LogP contribution >= 0.6 is 11.3 Å². The molecule has 0 N–H and O–H groups in total. The molecule has 2 aromatic heterocycles. The van der Waals surface area contributed by atoms with Crippen LogP contribution in [0, 0.1) is 0 Å². The summed E-state index contributed by atoms with van der Waals surface area (Å²) in [6, 6.07) is 11.5. The van der Waals surface area contributed by atoms with E-state index >= 15 is 0 Å². The van der Waals surface area contributed by atoms with E-state index in [9.17, 15) is 18.0 Å². The number of halogens is 3. The van der Waals surface area contributed by atoms with Crippen LogP contribution in [0.2, 0.25) is 0 Å². The maximum absolute atomic E-state index is 13.5. The van der Waals surface area contributed by atoms with Crippen molar-refractivity contribution in [3.05, 3.63) is 70.9 Å². The molecule has 0 amide bonds. The first kappa shape index (κ1) is 22.3. The lowest BCUT2D eigenvalue weighted by atomic mass is 10.0. The molecule has 0 unspecified atom stereocenters. The summed E-state index contributed by atoms with van der Waals surface area (Å²) in [5.41, 5.74) is 1.28. The number of benzene rings is 1. The quantitative estimate of drug-likeness (QED) is 0.288. The Morgan fingerprint density at radius 2 is 1.87 bits per heavy atom. The number of methoxy groups -OCH3 is 2. The lowest BCUT2D eigenvalue weighted by Gasteiger charge is -2.13. The number of nitrogens with zero attached hydrogens (tertiary/aromatic N) is 2. The molecular formula is C21H17F3N2O4S. The number of carbonyl (C=O) groups excluding carboxylic acids is 1. The predicted molar refractivity (Wildman–Crippen MR) is 108 cm³/mol. The second-order valence-electron chi connectivity index (χ2n) is 6.07. The van der Waals surface area contributed by atoms with Gasteiger partial charge in [-0.25, -0.2) is 4.79 Å². The molecule has 0 fully saturated rings. The highest BCUT2D eigenvalue weighted by Crippen LogP contribution is 2.43. The first-order chi connectivity index (χ1) is 14.8. The van der Waals surface area contributed by atoms with Crippen molar-refractivity contribution >= 4 is 22.9 Å². The van der Waals surface area contributed by atoms with E-state index in [2.05, 4.69) is 9.97 Å². The van der Waals surface area contributed by atoms with Gasteiger partial charge in [-0.3, -0.25) is 4.98 Å². The summed E-state index contributed by atoms with van der Waals surface area (Å²) >= 11 is 0.453. The average molecular weight is 450 g/mol. The van der Waals surface area contributed by atoms with Gasteiger partial charge in [-0.15, -0.1) is 11.3 Å². The summed E-state index contributed by atoms with van der Waals surface area (Å²) in [6.45, 7) is -0.261. The van der Waals surface area contributed by atoms with E-state index in [-0.39, 0.29) is 17.2 Å². The second-order valence-corrected chi connectivity index (χ2v) is 7.07. The van der Waals surface area contributed by atoms with Crippen LogP contribution in [0.5, 0.6) is 5.88 Å². The fourth-order valence-electron chi connectivity index (χ4n) is 2.69. The Hall–Kier alpha value is -3.40. The number of aromatic nitrogens is 2. The molecule has 31 heavy (non-hydrogen) atoms. The van der Waals surface area contributed by atoms with Crippen LogP contribution < -0.4 is 4.74 Å². The summed E-state index contributed by atoms with van der Waals surface area (Å²) in [6.07, 6.45) is -1.97. The number of ether oxygens (including phenoxy) is 3. The number of esters is 1. The smallest absolute Gasteiger partial charge is 0.430 e. The van der Waals surface area contributed by atoms with Gasteiger partial charge in [0.25, 0.3) is 0 Å². The monoisotopic (exact) mass is 450 g/mol. The summed E-state index contributed by atoms with van der Waals surface area (Å²) < 4.78 is 55.8. The van der Waals surface area contributed by atoms with E-state index in [0.29, 0.717) is 28.2 Å². The van der Waals surface area contributed by atoms with Gasteiger partial charge in [0, 0.05) is 6.20 Å². The first-order valence-corrected chi connectivity index (χ1v) is 9.68. The summed E-state index contributed by atoms with van der Waals surface area (Å²) in [5, 5.41) is 0.0886. The molecule has 3 aromatic rings. The zero-order chi connectivity index (χ0) is 22.4. The zero-order valence-electron chi connectivity index (χ0n) is 16.5. The molecule has 3 rings (SSSR count). The van der Waals surface area contributed by atoms with E-state index in [1.807, 2.05) is 0 Å². The molecule has 0 aliphatic rings. The Morgan fingerprint density at radius 3 is 2.52 bits per heavy atom. The Kier molecular flexibility index (Phi) is 6.91. The van der Waals surface area contributed by atoms with Gasteiger partial charge >= 0.3 is 12.1 Å². The van der Waals surface area contributed by atoms with Crippen molar-refractivity contribution in [2.24, 2.45) is 0 Å². The van der Waals surface area contributed by atoms with Crippen molar-refractivity contribution < 1.29 is 32.2 Å². The molecule has 10 heteroatoms. The third-order valence-electron chi connectivity index (χ3n) is 4.05. The number of rotatable bonds is 7. The second kappa shape index (κ2) is 9.61. The highest BCUT2D eigenvalue weighted by Gasteiger charge is 2.39. The summed E-state index contributed by atoms with van der Waals surface area (Å²) in [7, 11) is 2.58. The van der Waals surface area contributed by atoms with E-state index in [0.717, 1.165) is 0 Å². The number of hydrogen-bond donors (Lipinski definition) is 0. The van der Waals surface area contributed by atoms with Crippen LogP contribution in [0.3, 0.4) is 0 Å². The molecular weight excluding hydrogens is 433 g/mol. The molecule has 162 valence electrons. The van der Waals surface area contributed by atoms with Crippen molar-refractivity contribution in [2.45, 2.75) is 12.8 Å². The first-order valence-electron chi connectivity index (χ1n) is 8.87. The molecule has 0 spiro atoms. The zero-order valence-corrected chi connectivity index (χ0v) is 17.3. The third-order valence-corrected chi connectivity index (χ3v) is 5.15. The topological polar surface area (TPSA) is 70.5 Å². The normalized spacial score (nSPS) is 11.8. The van der Waals surface area contributed by atoms with E-state index in [4.69, 9.17) is 14.2 Å². The fraction of sp³-hybridized carbons (Fsp3) is 0.190. The van der Waals surface area contributed by atoms with Crippen molar-refractivity contribution in [1.82, 2.24) is 9.97 Å².